The average Bonchev–Trinajstić information content (AvgIpc) is 2.08. The maximum atomic E-state index is 12.7. The molecule has 0 unspecified atom stereocenters. The molecule has 12 heavy (non-hydrogen) atoms. The highest BCUT2D eigenvalue weighted by molar-refractivity contribution is 6.59. The number of nitrogens with two attached hydrogens (primary N) is 1. The van der Waals surface area contributed by atoms with Crippen LogP contribution in [-0.4, -0.2) is 24.2 Å². The molecule has 1 aromatic heterocycles. The van der Waals surface area contributed by atoms with Crippen LogP contribution in [0.2, 0.25) is 0 Å². The highest BCUT2D eigenvalue weighted by atomic mass is 19.1. The zero-order valence-corrected chi connectivity index (χ0v) is 6.49. The second kappa shape index (κ2) is 3.51. The molecule has 0 spiro atoms. The normalized spacial score (nSPS) is 9.92. The number of rotatable bonds is 2. The quantitative estimate of drug-likeness (QED) is 0.566. The summed E-state index contributed by atoms with van der Waals surface area (Å²) < 4.78 is 17.3. The standard InChI is InChI=1S/C6H8BFN2O2/c1-12-7(11)4-2-5(8)6(9)10-3-4/h2-3,11H,1H3,(H2,9,10). The zero-order chi connectivity index (χ0) is 9.14. The van der Waals surface area contributed by atoms with E-state index in [1.807, 2.05) is 0 Å². The smallest absolute Gasteiger partial charge is 0.423 e. The van der Waals surface area contributed by atoms with E-state index in [1.54, 1.807) is 0 Å². The number of hydrogen-bond donors (Lipinski definition) is 2. The van der Waals surface area contributed by atoms with Gasteiger partial charge in [-0.25, -0.2) is 9.37 Å². The number of anilines is 1. The van der Waals surface area contributed by atoms with Gasteiger partial charge in [-0.2, -0.15) is 0 Å². The molecule has 0 aliphatic heterocycles. The van der Waals surface area contributed by atoms with Crippen LogP contribution in [0, 0.1) is 5.82 Å². The summed E-state index contributed by atoms with van der Waals surface area (Å²) in [4.78, 5) is 3.51. The minimum Gasteiger partial charge on any atom is -0.423 e. The van der Waals surface area contributed by atoms with Crippen LogP contribution in [0.1, 0.15) is 0 Å². The lowest BCUT2D eigenvalue weighted by Crippen LogP contribution is -2.33. The van der Waals surface area contributed by atoms with E-state index in [0.29, 0.717) is 0 Å². The van der Waals surface area contributed by atoms with Crippen LogP contribution in [0.15, 0.2) is 12.3 Å². The van der Waals surface area contributed by atoms with Crippen molar-refractivity contribution in [3.05, 3.63) is 18.1 Å². The average molecular weight is 170 g/mol. The maximum absolute atomic E-state index is 12.7. The molecule has 0 saturated heterocycles. The fraction of sp³-hybridized carbons (Fsp3) is 0.167. The van der Waals surface area contributed by atoms with E-state index < -0.39 is 12.9 Å². The van der Waals surface area contributed by atoms with E-state index in [0.717, 1.165) is 6.07 Å². The zero-order valence-electron chi connectivity index (χ0n) is 6.49. The Hall–Kier alpha value is -1.14. The molecule has 0 aliphatic rings. The fourth-order valence-electron chi connectivity index (χ4n) is 0.734. The van der Waals surface area contributed by atoms with Gasteiger partial charge in [0.1, 0.15) is 0 Å². The molecular formula is C6H8BFN2O2. The predicted molar refractivity (Wildman–Crippen MR) is 43.2 cm³/mol. The lowest BCUT2D eigenvalue weighted by molar-refractivity contribution is 0.341. The lowest BCUT2D eigenvalue weighted by Gasteiger charge is -2.03. The van der Waals surface area contributed by atoms with E-state index in [4.69, 9.17) is 10.8 Å². The Morgan fingerprint density at radius 2 is 2.42 bits per heavy atom. The summed E-state index contributed by atoms with van der Waals surface area (Å²) in [5, 5.41) is 9.07. The van der Waals surface area contributed by atoms with Gasteiger partial charge in [-0.3, -0.25) is 0 Å². The SMILES string of the molecule is COB(O)c1cnc(N)c(F)c1. The molecule has 4 nitrogen and oxygen atoms in total. The van der Waals surface area contributed by atoms with Crippen molar-refractivity contribution in [2.75, 3.05) is 12.8 Å². The Bertz CT molecular complexity index is 284. The Labute approximate surface area is 69.3 Å². The van der Waals surface area contributed by atoms with Gasteiger partial charge in [0.25, 0.3) is 0 Å². The Kier molecular flexibility index (Phi) is 2.62. The second-order valence-electron chi connectivity index (χ2n) is 2.22. The topological polar surface area (TPSA) is 68.4 Å². The van der Waals surface area contributed by atoms with Crippen molar-refractivity contribution in [3.63, 3.8) is 0 Å². The Morgan fingerprint density at radius 3 is 2.92 bits per heavy atom. The lowest BCUT2D eigenvalue weighted by atomic mass is 9.81. The van der Waals surface area contributed by atoms with E-state index in [1.165, 1.54) is 13.3 Å². The number of pyridine rings is 1. The summed E-state index contributed by atoms with van der Waals surface area (Å²) in [5.41, 5.74) is 5.36. The second-order valence-corrected chi connectivity index (χ2v) is 2.22. The number of aromatic nitrogens is 1. The highest BCUT2D eigenvalue weighted by Gasteiger charge is 2.16. The molecule has 0 aromatic carbocycles. The van der Waals surface area contributed by atoms with Gasteiger partial charge in [-0.1, -0.05) is 0 Å². The van der Waals surface area contributed by atoms with Crippen LogP contribution in [0.5, 0.6) is 0 Å². The Morgan fingerprint density at radius 1 is 1.75 bits per heavy atom. The molecule has 0 radical (unpaired) electrons. The summed E-state index contributed by atoms with van der Waals surface area (Å²) in [6.07, 6.45) is 1.26. The first-order valence-electron chi connectivity index (χ1n) is 3.27. The van der Waals surface area contributed by atoms with Crippen LogP contribution in [0.4, 0.5) is 10.2 Å². The number of hydrogen-bond acceptors (Lipinski definition) is 4. The Balaban J connectivity index is 2.96. The van der Waals surface area contributed by atoms with E-state index in [9.17, 15) is 4.39 Å². The van der Waals surface area contributed by atoms with E-state index in [-0.39, 0.29) is 11.3 Å². The number of nitrogen functional groups attached to an aromatic ring is 1. The first kappa shape index (κ1) is 8.96. The molecule has 1 heterocycles. The predicted octanol–water partition coefficient (Wildman–Crippen LogP) is -0.863. The van der Waals surface area contributed by atoms with Crippen molar-refractivity contribution >= 4 is 18.4 Å². The fourth-order valence-corrected chi connectivity index (χ4v) is 0.734. The molecule has 6 heteroatoms. The molecular weight excluding hydrogens is 162 g/mol. The molecule has 0 bridgehead atoms. The van der Waals surface area contributed by atoms with Gasteiger partial charge in [0.15, 0.2) is 11.6 Å². The molecule has 1 rings (SSSR count). The third-order valence-corrected chi connectivity index (χ3v) is 1.40. The molecule has 0 amide bonds. The van der Waals surface area contributed by atoms with Gasteiger partial charge in [-0.15, -0.1) is 0 Å². The minimum absolute atomic E-state index is 0.193. The summed E-state index contributed by atoms with van der Waals surface area (Å²) in [5.74, 6) is -0.856. The van der Waals surface area contributed by atoms with Crippen LogP contribution in [0.25, 0.3) is 0 Å². The molecule has 64 valence electrons. The van der Waals surface area contributed by atoms with E-state index in [2.05, 4.69) is 9.64 Å². The van der Waals surface area contributed by atoms with Crippen molar-refractivity contribution in [1.29, 1.82) is 0 Å². The van der Waals surface area contributed by atoms with Gasteiger partial charge in [0.05, 0.1) is 0 Å². The molecule has 3 N–H and O–H groups in total. The van der Waals surface area contributed by atoms with Crippen LogP contribution >= 0.6 is 0 Å². The highest BCUT2D eigenvalue weighted by Crippen LogP contribution is 2.01. The van der Waals surface area contributed by atoms with Gasteiger partial charge < -0.3 is 15.4 Å². The summed E-state index contributed by atoms with van der Waals surface area (Å²) in [6.45, 7) is 0. The van der Waals surface area contributed by atoms with Crippen molar-refractivity contribution < 1.29 is 14.1 Å². The number of nitrogens with zero attached hydrogens (tertiary/aromatic N) is 1. The summed E-state index contributed by atoms with van der Waals surface area (Å²) in [6, 6.07) is 1.08. The van der Waals surface area contributed by atoms with Crippen molar-refractivity contribution in [1.82, 2.24) is 4.98 Å². The summed E-state index contributed by atoms with van der Waals surface area (Å²) in [7, 11) is 0.145. The van der Waals surface area contributed by atoms with Crippen LogP contribution in [0.3, 0.4) is 0 Å². The molecule has 0 aliphatic carbocycles. The van der Waals surface area contributed by atoms with Crippen LogP contribution < -0.4 is 11.2 Å². The summed E-state index contributed by atoms with van der Waals surface area (Å²) >= 11 is 0. The van der Waals surface area contributed by atoms with Crippen molar-refractivity contribution in [2.45, 2.75) is 0 Å². The molecule has 0 fully saturated rings. The van der Waals surface area contributed by atoms with Gasteiger partial charge in [-0.05, 0) is 6.07 Å². The van der Waals surface area contributed by atoms with Crippen LogP contribution in [-0.2, 0) is 4.65 Å². The molecule has 0 saturated carbocycles. The number of halogens is 1. The van der Waals surface area contributed by atoms with Crippen molar-refractivity contribution in [2.24, 2.45) is 0 Å². The van der Waals surface area contributed by atoms with Gasteiger partial charge in [0.2, 0.25) is 0 Å². The molecule has 0 atom stereocenters. The molecule has 1 aromatic rings. The third-order valence-electron chi connectivity index (χ3n) is 1.40. The third kappa shape index (κ3) is 1.72. The maximum Gasteiger partial charge on any atom is 0.492 e. The van der Waals surface area contributed by atoms with E-state index >= 15 is 0 Å². The largest absolute Gasteiger partial charge is 0.492 e. The van der Waals surface area contributed by atoms with Gasteiger partial charge in [0, 0.05) is 18.8 Å². The first-order valence-corrected chi connectivity index (χ1v) is 3.27. The minimum atomic E-state index is -1.16. The first-order chi connectivity index (χ1) is 5.65. The van der Waals surface area contributed by atoms with Gasteiger partial charge >= 0.3 is 7.12 Å². The van der Waals surface area contributed by atoms with Crippen molar-refractivity contribution in [3.8, 4) is 0 Å². The monoisotopic (exact) mass is 170 g/mol.